The van der Waals surface area contributed by atoms with Crippen LogP contribution in [0.4, 0.5) is 5.88 Å². The molecule has 1 saturated heterocycles. The number of fused-ring (bicyclic) bond motifs is 1. The van der Waals surface area contributed by atoms with E-state index in [9.17, 15) is 0 Å². The Morgan fingerprint density at radius 1 is 1.25 bits per heavy atom. The van der Waals surface area contributed by atoms with Crippen LogP contribution in [0.5, 0.6) is 5.75 Å². The number of aromatic nitrogens is 2. The maximum Gasteiger partial charge on any atom is 0.230 e. The third kappa shape index (κ3) is 5.36. The second-order valence-corrected chi connectivity index (χ2v) is 7.93. The van der Waals surface area contributed by atoms with Gasteiger partial charge in [0.05, 0.1) is 5.69 Å². The van der Waals surface area contributed by atoms with Gasteiger partial charge in [-0.25, -0.2) is 9.98 Å². The Labute approximate surface area is 187 Å². The number of rotatable bonds is 7. The molecule has 0 radical (unpaired) electrons. The lowest BCUT2D eigenvalue weighted by Gasteiger charge is -2.33. The van der Waals surface area contributed by atoms with Crippen LogP contribution >= 0.6 is 0 Å². The van der Waals surface area contributed by atoms with Gasteiger partial charge >= 0.3 is 0 Å². The molecule has 3 heterocycles. The van der Waals surface area contributed by atoms with Crippen LogP contribution < -0.4 is 10.1 Å². The SMILES string of the molecule is C=N/C(=C\C(=N/COc1ccc2[nH]c(C)cc2c1)N1CCN(C)CC1)Nc1cc(C)no1. The van der Waals surface area contributed by atoms with Crippen LogP contribution in [0.1, 0.15) is 11.4 Å². The molecule has 1 aromatic carbocycles. The van der Waals surface area contributed by atoms with Crippen LogP contribution in [0, 0.1) is 13.8 Å². The van der Waals surface area contributed by atoms with Crippen molar-refractivity contribution in [1.29, 1.82) is 0 Å². The molecule has 0 aliphatic carbocycles. The lowest BCUT2D eigenvalue weighted by Crippen LogP contribution is -2.47. The van der Waals surface area contributed by atoms with Crippen molar-refractivity contribution in [3.05, 3.63) is 53.6 Å². The number of aryl methyl sites for hydroxylation is 2. The van der Waals surface area contributed by atoms with Gasteiger partial charge in [-0.15, -0.1) is 0 Å². The molecule has 1 fully saturated rings. The summed E-state index contributed by atoms with van der Waals surface area (Å²) < 4.78 is 11.2. The molecule has 168 valence electrons. The van der Waals surface area contributed by atoms with E-state index in [0.717, 1.165) is 60.1 Å². The predicted octanol–water partition coefficient (Wildman–Crippen LogP) is 3.41. The summed E-state index contributed by atoms with van der Waals surface area (Å²) in [4.78, 5) is 16.7. The normalized spacial score (nSPS) is 15.9. The Balaban J connectivity index is 1.51. The molecule has 1 aliphatic heterocycles. The lowest BCUT2D eigenvalue weighted by atomic mass is 10.2. The molecule has 0 spiro atoms. The summed E-state index contributed by atoms with van der Waals surface area (Å²) in [7, 11) is 2.12. The molecule has 0 bridgehead atoms. The highest BCUT2D eigenvalue weighted by Gasteiger charge is 2.17. The van der Waals surface area contributed by atoms with Crippen molar-refractivity contribution >= 4 is 29.3 Å². The van der Waals surface area contributed by atoms with E-state index in [2.05, 4.69) is 50.1 Å². The molecule has 3 aromatic rings. The van der Waals surface area contributed by atoms with Crippen molar-refractivity contribution in [3.63, 3.8) is 0 Å². The highest BCUT2D eigenvalue weighted by Crippen LogP contribution is 2.21. The molecule has 0 saturated carbocycles. The van der Waals surface area contributed by atoms with Gasteiger partial charge in [0.1, 0.15) is 17.4 Å². The average Bonchev–Trinajstić information content (AvgIpc) is 3.36. The number of likely N-dealkylation sites (N-methyl/N-ethyl adjacent to an activating group) is 1. The molecule has 0 unspecified atom stereocenters. The van der Waals surface area contributed by atoms with E-state index in [1.807, 2.05) is 38.1 Å². The number of hydrogen-bond acceptors (Lipinski definition) is 7. The summed E-state index contributed by atoms with van der Waals surface area (Å²) in [5.74, 6) is 2.59. The topological polar surface area (TPSA) is 94.3 Å². The Kier molecular flexibility index (Phi) is 6.55. The largest absolute Gasteiger partial charge is 0.471 e. The number of hydrogen-bond donors (Lipinski definition) is 2. The van der Waals surface area contributed by atoms with Crippen molar-refractivity contribution in [1.82, 2.24) is 19.9 Å². The first-order valence-corrected chi connectivity index (χ1v) is 10.6. The first-order valence-electron chi connectivity index (χ1n) is 10.6. The van der Waals surface area contributed by atoms with Crippen LogP contribution in [0.15, 0.2) is 56.7 Å². The van der Waals surface area contributed by atoms with Crippen LogP contribution in [0.3, 0.4) is 0 Å². The van der Waals surface area contributed by atoms with E-state index in [-0.39, 0.29) is 6.73 Å². The molecule has 9 nitrogen and oxygen atoms in total. The predicted molar refractivity (Wildman–Crippen MR) is 128 cm³/mol. The van der Waals surface area contributed by atoms with Crippen molar-refractivity contribution in [3.8, 4) is 5.75 Å². The summed E-state index contributed by atoms with van der Waals surface area (Å²) in [6.45, 7) is 11.4. The minimum Gasteiger partial charge on any atom is -0.471 e. The number of nitrogens with zero attached hydrogens (tertiary/aromatic N) is 5. The summed E-state index contributed by atoms with van der Waals surface area (Å²) in [5, 5.41) is 8.11. The molecule has 9 heteroatoms. The number of H-pyrrole nitrogens is 1. The van der Waals surface area contributed by atoms with Gasteiger partial charge in [0.15, 0.2) is 6.73 Å². The van der Waals surface area contributed by atoms with E-state index in [4.69, 9.17) is 14.3 Å². The van der Waals surface area contributed by atoms with Crippen LogP contribution in [0.25, 0.3) is 10.9 Å². The zero-order valence-electron chi connectivity index (χ0n) is 18.8. The minimum atomic E-state index is 0.193. The third-order valence-corrected chi connectivity index (χ3v) is 5.33. The standard InChI is InChI=1S/C23H29N7O2/c1-16-11-18-13-19(5-6-20(18)26-16)31-15-25-22(30-9-7-29(4)8-10-30)14-21(24-3)27-23-12-17(2)28-32-23/h5-6,11-14,26-27H,3,7-10,15H2,1-2,4H3/b21-14+,25-22+. The zero-order chi connectivity index (χ0) is 22.5. The number of aromatic amines is 1. The molecule has 2 aromatic heterocycles. The van der Waals surface area contributed by atoms with Gasteiger partial charge in [0.25, 0.3) is 0 Å². The Bertz CT molecular complexity index is 1140. The van der Waals surface area contributed by atoms with Gasteiger partial charge in [-0.2, -0.15) is 0 Å². The zero-order valence-corrected chi connectivity index (χ0v) is 18.8. The van der Waals surface area contributed by atoms with Gasteiger partial charge in [-0.05, 0) is 51.9 Å². The first-order chi connectivity index (χ1) is 15.5. The number of piperazine rings is 1. The first kappa shape index (κ1) is 21.6. The van der Waals surface area contributed by atoms with E-state index in [1.54, 1.807) is 6.07 Å². The van der Waals surface area contributed by atoms with Gasteiger partial charge in [0.2, 0.25) is 5.88 Å². The molecule has 32 heavy (non-hydrogen) atoms. The smallest absolute Gasteiger partial charge is 0.230 e. The molecule has 0 atom stereocenters. The summed E-state index contributed by atoms with van der Waals surface area (Å²) in [6, 6.07) is 9.88. The number of nitrogens with one attached hydrogen (secondary N) is 2. The fourth-order valence-electron chi connectivity index (χ4n) is 3.58. The molecule has 4 rings (SSSR count). The monoisotopic (exact) mass is 435 g/mol. The highest BCUT2D eigenvalue weighted by molar-refractivity contribution is 5.94. The van der Waals surface area contributed by atoms with Gasteiger partial charge < -0.3 is 29.4 Å². The number of ether oxygens (including phenoxy) is 1. The number of anilines is 1. The van der Waals surface area contributed by atoms with Crippen LogP contribution in [-0.2, 0) is 0 Å². The minimum absolute atomic E-state index is 0.193. The van der Waals surface area contributed by atoms with Crippen molar-refractivity contribution in [2.45, 2.75) is 13.8 Å². The van der Waals surface area contributed by atoms with Crippen molar-refractivity contribution < 1.29 is 9.26 Å². The molecule has 2 N–H and O–H groups in total. The molecular formula is C23H29N7O2. The van der Waals surface area contributed by atoms with E-state index >= 15 is 0 Å². The van der Waals surface area contributed by atoms with E-state index < -0.39 is 0 Å². The summed E-state index contributed by atoms with van der Waals surface area (Å²) in [6.07, 6.45) is 1.86. The number of aliphatic imine (C=N–C) groups is 2. The Morgan fingerprint density at radius 3 is 2.78 bits per heavy atom. The number of amidine groups is 1. The van der Waals surface area contributed by atoms with Crippen LogP contribution in [-0.4, -0.2) is 72.5 Å². The summed E-state index contributed by atoms with van der Waals surface area (Å²) >= 11 is 0. The molecule has 0 amide bonds. The van der Waals surface area contributed by atoms with Gasteiger partial charge in [0, 0.05) is 54.9 Å². The quantitative estimate of drug-likeness (QED) is 0.436. The Morgan fingerprint density at radius 2 is 2.06 bits per heavy atom. The maximum atomic E-state index is 5.94. The van der Waals surface area contributed by atoms with E-state index in [0.29, 0.717) is 11.7 Å². The fourth-order valence-corrected chi connectivity index (χ4v) is 3.58. The maximum absolute atomic E-state index is 5.94. The second-order valence-electron chi connectivity index (χ2n) is 7.93. The highest BCUT2D eigenvalue weighted by atomic mass is 16.5. The van der Waals surface area contributed by atoms with Crippen molar-refractivity contribution in [2.75, 3.05) is 45.3 Å². The van der Waals surface area contributed by atoms with Gasteiger partial charge in [-0.1, -0.05) is 5.16 Å². The Hall–Kier alpha value is -3.59. The van der Waals surface area contributed by atoms with E-state index in [1.165, 1.54) is 0 Å². The fraction of sp³-hybridized carbons (Fsp3) is 0.348. The lowest BCUT2D eigenvalue weighted by molar-refractivity contribution is 0.214. The molecular weight excluding hydrogens is 406 g/mol. The summed E-state index contributed by atoms with van der Waals surface area (Å²) in [5.41, 5.74) is 3.00. The molecule has 1 aliphatic rings. The van der Waals surface area contributed by atoms with Crippen LogP contribution in [0.2, 0.25) is 0 Å². The number of benzene rings is 1. The average molecular weight is 436 g/mol. The third-order valence-electron chi connectivity index (χ3n) is 5.33. The second kappa shape index (κ2) is 9.69. The van der Waals surface area contributed by atoms with Gasteiger partial charge in [-0.3, -0.25) is 0 Å². The van der Waals surface area contributed by atoms with Crippen molar-refractivity contribution in [2.24, 2.45) is 9.98 Å².